The molecule has 0 spiro atoms. The number of fused-ring (bicyclic) bond motifs is 1. The monoisotopic (exact) mass is 151 g/mol. The van der Waals surface area contributed by atoms with Crippen molar-refractivity contribution in [2.24, 2.45) is 5.92 Å². The first-order valence-electron chi connectivity index (χ1n) is 4.66. The van der Waals surface area contributed by atoms with Crippen molar-refractivity contribution in [2.45, 2.75) is 32.2 Å². The van der Waals surface area contributed by atoms with Crippen LogP contribution in [-0.2, 0) is 0 Å². The van der Waals surface area contributed by atoms with Crippen molar-refractivity contribution in [3.8, 4) is 0 Å². The molecule has 2 aliphatic rings. The van der Waals surface area contributed by atoms with Gasteiger partial charge < -0.3 is 0 Å². The predicted molar refractivity (Wildman–Crippen MR) is 47.5 cm³/mol. The largest absolute Gasteiger partial charge is 0.299 e. The molecule has 1 saturated heterocycles. The SMILES string of the molecule is CC1=CCCC2CCN(C)C12. The molecule has 0 bridgehead atoms. The van der Waals surface area contributed by atoms with Gasteiger partial charge in [0.25, 0.3) is 0 Å². The first-order chi connectivity index (χ1) is 5.29. The summed E-state index contributed by atoms with van der Waals surface area (Å²) < 4.78 is 0. The van der Waals surface area contributed by atoms with Crippen LogP contribution in [-0.4, -0.2) is 24.5 Å². The lowest BCUT2D eigenvalue weighted by Crippen LogP contribution is -2.32. The Morgan fingerprint density at radius 2 is 2.27 bits per heavy atom. The van der Waals surface area contributed by atoms with Crippen molar-refractivity contribution in [1.82, 2.24) is 4.90 Å². The maximum absolute atomic E-state index is 2.51. The molecule has 1 heterocycles. The fourth-order valence-corrected chi connectivity index (χ4v) is 2.69. The van der Waals surface area contributed by atoms with Gasteiger partial charge in [-0.05, 0) is 45.7 Å². The Balaban J connectivity index is 2.20. The van der Waals surface area contributed by atoms with E-state index >= 15 is 0 Å². The lowest BCUT2D eigenvalue weighted by Gasteiger charge is -2.29. The fourth-order valence-electron chi connectivity index (χ4n) is 2.69. The van der Waals surface area contributed by atoms with Gasteiger partial charge in [-0.1, -0.05) is 11.6 Å². The summed E-state index contributed by atoms with van der Waals surface area (Å²) >= 11 is 0. The first kappa shape index (κ1) is 7.35. The molecule has 1 heteroatoms. The van der Waals surface area contributed by atoms with E-state index in [0.717, 1.165) is 12.0 Å². The smallest absolute Gasteiger partial charge is 0.0330 e. The van der Waals surface area contributed by atoms with E-state index in [1.165, 1.54) is 25.8 Å². The molecule has 1 nitrogen and oxygen atoms in total. The molecule has 1 aliphatic carbocycles. The Bertz CT molecular complexity index is 183. The van der Waals surface area contributed by atoms with E-state index in [0.29, 0.717) is 0 Å². The van der Waals surface area contributed by atoms with Crippen LogP contribution in [0.3, 0.4) is 0 Å². The van der Waals surface area contributed by atoms with Gasteiger partial charge in [-0.3, -0.25) is 4.90 Å². The summed E-state index contributed by atoms with van der Waals surface area (Å²) in [5, 5.41) is 0. The molecule has 1 fully saturated rings. The molecule has 2 atom stereocenters. The van der Waals surface area contributed by atoms with Gasteiger partial charge in [-0.25, -0.2) is 0 Å². The van der Waals surface area contributed by atoms with Gasteiger partial charge in [0.05, 0.1) is 0 Å². The highest BCUT2D eigenvalue weighted by atomic mass is 15.2. The minimum atomic E-state index is 0.795. The molecule has 2 rings (SSSR count). The quantitative estimate of drug-likeness (QED) is 0.479. The Hall–Kier alpha value is -0.300. The summed E-state index contributed by atoms with van der Waals surface area (Å²) in [5.74, 6) is 0.977. The maximum atomic E-state index is 2.51. The van der Waals surface area contributed by atoms with Crippen LogP contribution in [0.1, 0.15) is 26.2 Å². The third-order valence-corrected chi connectivity index (χ3v) is 3.24. The van der Waals surface area contributed by atoms with Gasteiger partial charge in [-0.15, -0.1) is 0 Å². The van der Waals surface area contributed by atoms with Crippen LogP contribution in [0.4, 0.5) is 0 Å². The van der Waals surface area contributed by atoms with Crippen molar-refractivity contribution in [2.75, 3.05) is 13.6 Å². The van der Waals surface area contributed by atoms with Crippen LogP contribution in [0.15, 0.2) is 11.6 Å². The summed E-state index contributed by atoms with van der Waals surface area (Å²) in [5.41, 5.74) is 1.61. The number of rotatable bonds is 0. The minimum Gasteiger partial charge on any atom is -0.299 e. The van der Waals surface area contributed by atoms with Gasteiger partial charge in [0.15, 0.2) is 0 Å². The number of hydrogen-bond acceptors (Lipinski definition) is 1. The van der Waals surface area contributed by atoms with E-state index in [-0.39, 0.29) is 0 Å². The Kier molecular flexibility index (Phi) is 1.76. The second-order valence-corrected chi connectivity index (χ2v) is 4.00. The molecule has 0 saturated carbocycles. The molecular weight excluding hydrogens is 134 g/mol. The van der Waals surface area contributed by atoms with E-state index in [9.17, 15) is 0 Å². The summed E-state index contributed by atoms with van der Waals surface area (Å²) in [6.07, 6.45) is 6.59. The maximum Gasteiger partial charge on any atom is 0.0330 e. The van der Waals surface area contributed by atoms with Crippen LogP contribution >= 0.6 is 0 Å². The van der Waals surface area contributed by atoms with E-state index < -0.39 is 0 Å². The minimum absolute atomic E-state index is 0.795. The van der Waals surface area contributed by atoms with Crippen LogP contribution < -0.4 is 0 Å². The van der Waals surface area contributed by atoms with E-state index in [2.05, 4.69) is 24.9 Å². The van der Waals surface area contributed by atoms with Gasteiger partial charge in [-0.2, -0.15) is 0 Å². The second kappa shape index (κ2) is 2.63. The zero-order chi connectivity index (χ0) is 7.84. The number of hydrogen-bond donors (Lipinski definition) is 0. The highest BCUT2D eigenvalue weighted by Gasteiger charge is 2.33. The van der Waals surface area contributed by atoms with Gasteiger partial charge in [0, 0.05) is 6.04 Å². The molecule has 11 heavy (non-hydrogen) atoms. The van der Waals surface area contributed by atoms with Crippen molar-refractivity contribution in [3.63, 3.8) is 0 Å². The summed E-state index contributed by atoms with van der Waals surface area (Å²) in [4.78, 5) is 2.51. The highest BCUT2D eigenvalue weighted by molar-refractivity contribution is 5.15. The molecule has 0 N–H and O–H groups in total. The summed E-state index contributed by atoms with van der Waals surface area (Å²) in [7, 11) is 2.26. The average molecular weight is 151 g/mol. The fraction of sp³-hybridized carbons (Fsp3) is 0.800. The number of nitrogens with zero attached hydrogens (tertiary/aromatic N) is 1. The summed E-state index contributed by atoms with van der Waals surface area (Å²) in [6.45, 7) is 3.60. The first-order valence-corrected chi connectivity index (χ1v) is 4.66. The van der Waals surface area contributed by atoms with Crippen LogP contribution in [0.2, 0.25) is 0 Å². The van der Waals surface area contributed by atoms with Gasteiger partial charge in [0.1, 0.15) is 0 Å². The van der Waals surface area contributed by atoms with Gasteiger partial charge in [0.2, 0.25) is 0 Å². The van der Waals surface area contributed by atoms with Crippen molar-refractivity contribution < 1.29 is 0 Å². The van der Waals surface area contributed by atoms with Crippen LogP contribution in [0.25, 0.3) is 0 Å². The Labute approximate surface area is 69.1 Å². The molecule has 62 valence electrons. The lowest BCUT2D eigenvalue weighted by atomic mass is 9.85. The Morgan fingerprint density at radius 1 is 1.45 bits per heavy atom. The number of likely N-dealkylation sites (N-methyl/N-ethyl adjacent to an activating group) is 1. The van der Waals surface area contributed by atoms with Crippen molar-refractivity contribution in [1.29, 1.82) is 0 Å². The van der Waals surface area contributed by atoms with Crippen molar-refractivity contribution >= 4 is 0 Å². The van der Waals surface area contributed by atoms with Gasteiger partial charge >= 0.3 is 0 Å². The summed E-state index contributed by atoms with van der Waals surface area (Å²) in [6, 6.07) is 0.795. The zero-order valence-electron chi connectivity index (χ0n) is 7.51. The third kappa shape index (κ3) is 1.12. The van der Waals surface area contributed by atoms with Crippen molar-refractivity contribution in [3.05, 3.63) is 11.6 Å². The van der Waals surface area contributed by atoms with E-state index in [4.69, 9.17) is 0 Å². The second-order valence-electron chi connectivity index (χ2n) is 4.00. The molecule has 1 aliphatic heterocycles. The lowest BCUT2D eigenvalue weighted by molar-refractivity contribution is 0.292. The average Bonchev–Trinajstić information content (AvgIpc) is 2.34. The standard InChI is InChI=1S/C10H17N/c1-8-4-3-5-9-6-7-11(2)10(8)9/h4,9-10H,3,5-7H2,1-2H3. The topological polar surface area (TPSA) is 3.24 Å². The molecule has 2 unspecified atom stereocenters. The van der Waals surface area contributed by atoms with Crippen LogP contribution in [0.5, 0.6) is 0 Å². The highest BCUT2D eigenvalue weighted by Crippen LogP contribution is 2.35. The third-order valence-electron chi connectivity index (χ3n) is 3.24. The molecular formula is C10H17N. The normalized spacial score (nSPS) is 38.5. The number of allylic oxidation sites excluding steroid dienone is 1. The molecule has 0 aromatic heterocycles. The number of likely N-dealkylation sites (tertiary alicyclic amines) is 1. The Morgan fingerprint density at radius 3 is 3.00 bits per heavy atom. The molecule has 0 aromatic carbocycles. The van der Waals surface area contributed by atoms with Crippen LogP contribution in [0, 0.1) is 5.92 Å². The van der Waals surface area contributed by atoms with E-state index in [1.807, 2.05) is 0 Å². The zero-order valence-corrected chi connectivity index (χ0v) is 7.51. The molecule has 0 aromatic rings. The molecule has 0 amide bonds. The molecule has 0 radical (unpaired) electrons. The van der Waals surface area contributed by atoms with E-state index in [1.54, 1.807) is 5.57 Å². The predicted octanol–water partition coefficient (Wildman–Crippen LogP) is 2.05.